The highest BCUT2D eigenvalue weighted by Gasteiger charge is 2.03. The Morgan fingerprint density at radius 3 is 3.24 bits per heavy atom. The lowest BCUT2D eigenvalue weighted by Crippen LogP contribution is -2.14. The van der Waals surface area contributed by atoms with Crippen LogP contribution in [0.1, 0.15) is 13.3 Å². The van der Waals surface area contributed by atoms with Gasteiger partial charge >= 0.3 is 0 Å². The zero-order valence-corrected chi connectivity index (χ0v) is 10.4. The van der Waals surface area contributed by atoms with Gasteiger partial charge in [-0.25, -0.2) is 4.98 Å². The first-order chi connectivity index (χ1) is 8.29. The summed E-state index contributed by atoms with van der Waals surface area (Å²) in [7, 11) is 0. The number of ether oxygens (including phenoxy) is 1. The fourth-order valence-electron chi connectivity index (χ4n) is 1.47. The van der Waals surface area contributed by atoms with E-state index in [1.807, 2.05) is 25.1 Å². The van der Waals surface area contributed by atoms with Crippen LogP contribution in [0.2, 0.25) is 0 Å². The van der Waals surface area contributed by atoms with Crippen LogP contribution in [0.5, 0.6) is 0 Å². The number of nitrogens with one attached hydrogen (secondary N) is 1. The van der Waals surface area contributed by atoms with Crippen LogP contribution in [0.25, 0.3) is 10.2 Å². The molecular weight excluding hydrogens is 236 g/mol. The van der Waals surface area contributed by atoms with Crippen molar-refractivity contribution in [2.24, 2.45) is 0 Å². The number of hydrogen-bond donors (Lipinski definition) is 1. The van der Waals surface area contributed by atoms with E-state index in [0.717, 1.165) is 15.9 Å². The standard InChI is InChI=1S/C12H14N2O2S/c1-2-16-6-5-12(15)14-9-3-4-11-10(7-9)13-8-17-11/h3-4,7-8H,2,5-6H2,1H3,(H,14,15). The fourth-order valence-corrected chi connectivity index (χ4v) is 2.13. The van der Waals surface area contributed by atoms with Gasteiger partial charge in [0.15, 0.2) is 0 Å². The minimum atomic E-state index is -0.0342. The summed E-state index contributed by atoms with van der Waals surface area (Å²) >= 11 is 1.59. The molecule has 1 aromatic carbocycles. The summed E-state index contributed by atoms with van der Waals surface area (Å²) in [6.07, 6.45) is 0.378. The highest BCUT2D eigenvalue weighted by Crippen LogP contribution is 2.21. The lowest BCUT2D eigenvalue weighted by atomic mass is 10.3. The molecule has 0 bridgehead atoms. The second-order valence-electron chi connectivity index (χ2n) is 3.53. The molecule has 0 saturated heterocycles. The van der Waals surface area contributed by atoms with Gasteiger partial charge in [0.2, 0.25) is 5.91 Å². The Hall–Kier alpha value is -1.46. The van der Waals surface area contributed by atoms with E-state index in [-0.39, 0.29) is 5.91 Å². The van der Waals surface area contributed by atoms with Crippen LogP contribution in [-0.2, 0) is 9.53 Å². The largest absolute Gasteiger partial charge is 0.381 e. The van der Waals surface area contributed by atoms with Gasteiger partial charge in [0, 0.05) is 12.3 Å². The molecule has 1 amide bonds. The topological polar surface area (TPSA) is 51.2 Å². The second kappa shape index (κ2) is 5.75. The summed E-state index contributed by atoms with van der Waals surface area (Å²) in [6.45, 7) is 3.01. The molecule has 0 unspecified atom stereocenters. The Labute approximate surface area is 104 Å². The van der Waals surface area contributed by atoms with Gasteiger partial charge in [0.1, 0.15) is 0 Å². The normalized spacial score (nSPS) is 10.6. The predicted octanol–water partition coefficient (Wildman–Crippen LogP) is 2.66. The van der Waals surface area contributed by atoms with Crippen molar-refractivity contribution in [3.05, 3.63) is 23.7 Å². The van der Waals surface area contributed by atoms with Crippen molar-refractivity contribution >= 4 is 33.1 Å². The van der Waals surface area contributed by atoms with Crippen molar-refractivity contribution < 1.29 is 9.53 Å². The van der Waals surface area contributed by atoms with E-state index in [9.17, 15) is 4.79 Å². The van der Waals surface area contributed by atoms with Crippen LogP contribution < -0.4 is 5.32 Å². The minimum absolute atomic E-state index is 0.0342. The number of hydrogen-bond acceptors (Lipinski definition) is 4. The van der Waals surface area contributed by atoms with E-state index < -0.39 is 0 Å². The molecule has 0 aliphatic carbocycles. The van der Waals surface area contributed by atoms with E-state index in [1.54, 1.807) is 16.8 Å². The molecule has 5 heteroatoms. The third-order valence-electron chi connectivity index (χ3n) is 2.29. The monoisotopic (exact) mass is 250 g/mol. The van der Waals surface area contributed by atoms with Crippen molar-refractivity contribution in [1.29, 1.82) is 0 Å². The number of carbonyl (C=O) groups excluding carboxylic acids is 1. The van der Waals surface area contributed by atoms with Crippen molar-refractivity contribution in [2.45, 2.75) is 13.3 Å². The van der Waals surface area contributed by atoms with Crippen molar-refractivity contribution in [3.8, 4) is 0 Å². The number of carbonyl (C=O) groups is 1. The zero-order chi connectivity index (χ0) is 12.1. The van der Waals surface area contributed by atoms with Crippen molar-refractivity contribution in [1.82, 2.24) is 4.98 Å². The molecule has 17 heavy (non-hydrogen) atoms. The smallest absolute Gasteiger partial charge is 0.226 e. The summed E-state index contributed by atoms with van der Waals surface area (Å²) in [5.74, 6) is -0.0342. The highest BCUT2D eigenvalue weighted by molar-refractivity contribution is 7.16. The first-order valence-corrected chi connectivity index (χ1v) is 6.38. The molecule has 0 aliphatic rings. The molecule has 0 fully saturated rings. The minimum Gasteiger partial charge on any atom is -0.381 e. The molecule has 90 valence electrons. The molecule has 0 aliphatic heterocycles. The molecule has 0 spiro atoms. The third kappa shape index (κ3) is 3.25. The van der Waals surface area contributed by atoms with Gasteiger partial charge < -0.3 is 10.1 Å². The molecule has 1 aromatic heterocycles. The van der Waals surface area contributed by atoms with Crippen LogP contribution in [0.4, 0.5) is 5.69 Å². The van der Waals surface area contributed by atoms with Crippen molar-refractivity contribution in [2.75, 3.05) is 18.5 Å². The SMILES string of the molecule is CCOCCC(=O)Nc1ccc2scnc2c1. The summed E-state index contributed by atoms with van der Waals surface area (Å²) in [5.41, 5.74) is 3.49. The van der Waals surface area contributed by atoms with Gasteiger partial charge in [-0.05, 0) is 25.1 Å². The Morgan fingerprint density at radius 2 is 2.41 bits per heavy atom. The van der Waals surface area contributed by atoms with E-state index in [0.29, 0.717) is 19.6 Å². The van der Waals surface area contributed by atoms with Gasteiger partial charge in [-0.2, -0.15) is 0 Å². The molecule has 2 aromatic rings. The van der Waals surface area contributed by atoms with Crippen molar-refractivity contribution in [3.63, 3.8) is 0 Å². The Kier molecular flexibility index (Phi) is 4.06. The average Bonchev–Trinajstić information content (AvgIpc) is 2.76. The summed E-state index contributed by atoms with van der Waals surface area (Å²) in [4.78, 5) is 15.8. The fraction of sp³-hybridized carbons (Fsp3) is 0.333. The van der Waals surface area contributed by atoms with Gasteiger partial charge in [-0.15, -0.1) is 11.3 Å². The number of benzene rings is 1. The lowest BCUT2D eigenvalue weighted by Gasteiger charge is -2.05. The number of nitrogens with zero attached hydrogens (tertiary/aromatic N) is 1. The van der Waals surface area contributed by atoms with Crippen LogP contribution in [0.3, 0.4) is 0 Å². The first kappa shape index (κ1) is 12.0. The number of thiazole rings is 1. The molecule has 2 rings (SSSR count). The number of anilines is 1. The van der Waals surface area contributed by atoms with E-state index >= 15 is 0 Å². The maximum absolute atomic E-state index is 11.6. The Bertz CT molecular complexity index is 510. The molecule has 0 saturated carbocycles. The molecule has 0 radical (unpaired) electrons. The van der Waals surface area contributed by atoms with E-state index in [1.165, 1.54) is 0 Å². The molecule has 1 heterocycles. The quantitative estimate of drug-likeness (QED) is 0.830. The van der Waals surface area contributed by atoms with Crippen LogP contribution >= 0.6 is 11.3 Å². The average molecular weight is 250 g/mol. The van der Waals surface area contributed by atoms with E-state index in [2.05, 4.69) is 10.3 Å². The highest BCUT2D eigenvalue weighted by atomic mass is 32.1. The summed E-state index contributed by atoms with van der Waals surface area (Å²) in [5, 5.41) is 2.83. The Morgan fingerprint density at radius 1 is 1.53 bits per heavy atom. The molecule has 0 atom stereocenters. The number of amides is 1. The maximum atomic E-state index is 11.6. The number of aromatic nitrogens is 1. The number of rotatable bonds is 5. The molecule has 4 nitrogen and oxygen atoms in total. The molecular formula is C12H14N2O2S. The first-order valence-electron chi connectivity index (χ1n) is 5.50. The lowest BCUT2D eigenvalue weighted by molar-refractivity contribution is -0.117. The van der Waals surface area contributed by atoms with E-state index in [4.69, 9.17) is 4.74 Å². The van der Waals surface area contributed by atoms with Crippen LogP contribution in [0.15, 0.2) is 23.7 Å². The third-order valence-corrected chi connectivity index (χ3v) is 3.10. The van der Waals surface area contributed by atoms with Gasteiger partial charge in [-0.1, -0.05) is 0 Å². The number of fused-ring (bicyclic) bond motifs is 1. The van der Waals surface area contributed by atoms with Gasteiger partial charge in [0.05, 0.1) is 28.8 Å². The van der Waals surface area contributed by atoms with Crippen LogP contribution in [0, 0.1) is 0 Å². The summed E-state index contributed by atoms with van der Waals surface area (Å²) < 4.78 is 6.25. The zero-order valence-electron chi connectivity index (χ0n) is 9.60. The summed E-state index contributed by atoms with van der Waals surface area (Å²) in [6, 6.07) is 5.73. The van der Waals surface area contributed by atoms with Gasteiger partial charge in [-0.3, -0.25) is 4.79 Å². The second-order valence-corrected chi connectivity index (χ2v) is 4.42. The van der Waals surface area contributed by atoms with Crippen LogP contribution in [-0.4, -0.2) is 24.1 Å². The molecule has 1 N–H and O–H groups in total. The van der Waals surface area contributed by atoms with Gasteiger partial charge in [0.25, 0.3) is 0 Å². The predicted molar refractivity (Wildman–Crippen MR) is 69.4 cm³/mol. The maximum Gasteiger partial charge on any atom is 0.226 e. The Balaban J connectivity index is 1.95.